The molecule has 3 nitrogen and oxygen atoms in total. The summed E-state index contributed by atoms with van der Waals surface area (Å²) in [5.41, 5.74) is 0. The third-order valence-electron chi connectivity index (χ3n) is 3.65. The number of ether oxygens (including phenoxy) is 2. The van der Waals surface area contributed by atoms with Gasteiger partial charge in [-0.25, -0.2) is 0 Å². The number of carbonyl (C=O) groups is 1. The van der Waals surface area contributed by atoms with Crippen molar-refractivity contribution >= 4 is 5.97 Å². The van der Waals surface area contributed by atoms with Gasteiger partial charge in [-0.05, 0) is 44.9 Å². The molecule has 0 aromatic rings. The van der Waals surface area contributed by atoms with Crippen molar-refractivity contribution in [2.75, 3.05) is 13.7 Å². The van der Waals surface area contributed by atoms with Crippen LogP contribution in [-0.4, -0.2) is 25.8 Å². The smallest absolute Gasteiger partial charge is 0.309 e. The van der Waals surface area contributed by atoms with E-state index in [1.807, 2.05) is 6.92 Å². The Balaban J connectivity index is 2.45. The lowest BCUT2D eigenvalue weighted by atomic mass is 9.78. The van der Waals surface area contributed by atoms with E-state index in [1.54, 1.807) is 7.11 Å². The van der Waals surface area contributed by atoms with E-state index < -0.39 is 0 Å². The summed E-state index contributed by atoms with van der Waals surface area (Å²) >= 11 is 0. The highest BCUT2D eigenvalue weighted by atomic mass is 16.5. The normalized spacial score (nSPS) is 27.4. The van der Waals surface area contributed by atoms with E-state index in [0.717, 1.165) is 32.1 Å². The molecule has 1 aliphatic carbocycles. The Morgan fingerprint density at radius 2 is 1.88 bits per heavy atom. The van der Waals surface area contributed by atoms with Crippen LogP contribution in [0.4, 0.5) is 0 Å². The Morgan fingerprint density at radius 3 is 2.31 bits per heavy atom. The van der Waals surface area contributed by atoms with Crippen molar-refractivity contribution in [3.8, 4) is 0 Å². The molecule has 0 radical (unpaired) electrons. The molecule has 0 saturated heterocycles. The van der Waals surface area contributed by atoms with Gasteiger partial charge >= 0.3 is 5.97 Å². The number of hydrogen-bond donors (Lipinski definition) is 0. The number of hydrogen-bond acceptors (Lipinski definition) is 3. The van der Waals surface area contributed by atoms with E-state index in [9.17, 15) is 4.79 Å². The Labute approximate surface area is 98.5 Å². The second kappa shape index (κ2) is 6.89. The Morgan fingerprint density at radius 1 is 1.25 bits per heavy atom. The molecule has 3 heteroatoms. The second-order valence-electron chi connectivity index (χ2n) is 4.54. The van der Waals surface area contributed by atoms with E-state index in [-0.39, 0.29) is 11.9 Å². The molecule has 0 heterocycles. The molecular weight excluding hydrogens is 204 g/mol. The maximum absolute atomic E-state index is 11.8. The molecule has 0 aromatic carbocycles. The average Bonchev–Trinajstić information content (AvgIpc) is 2.31. The fourth-order valence-electron chi connectivity index (χ4n) is 2.67. The Kier molecular flexibility index (Phi) is 5.81. The van der Waals surface area contributed by atoms with Crippen LogP contribution in [0, 0.1) is 11.8 Å². The van der Waals surface area contributed by atoms with Crippen LogP contribution < -0.4 is 0 Å². The minimum absolute atomic E-state index is 0.00846. The fourth-order valence-corrected chi connectivity index (χ4v) is 2.67. The summed E-state index contributed by atoms with van der Waals surface area (Å²) < 4.78 is 10.5. The molecule has 0 N–H and O–H groups in total. The fraction of sp³-hybridized carbons (Fsp3) is 0.923. The van der Waals surface area contributed by atoms with Crippen molar-refractivity contribution < 1.29 is 14.3 Å². The number of carbonyl (C=O) groups excluding carboxylic acids is 1. The first-order chi connectivity index (χ1) is 7.72. The number of esters is 1. The second-order valence-corrected chi connectivity index (χ2v) is 4.54. The van der Waals surface area contributed by atoms with Crippen LogP contribution in [0.5, 0.6) is 0 Å². The van der Waals surface area contributed by atoms with Gasteiger partial charge in [0.2, 0.25) is 0 Å². The molecule has 0 aromatic heterocycles. The zero-order chi connectivity index (χ0) is 12.0. The van der Waals surface area contributed by atoms with Gasteiger partial charge in [0.25, 0.3) is 0 Å². The van der Waals surface area contributed by atoms with Crippen LogP contribution in [-0.2, 0) is 14.3 Å². The first-order valence-corrected chi connectivity index (χ1v) is 6.42. The lowest BCUT2D eigenvalue weighted by molar-refractivity contribution is -0.151. The van der Waals surface area contributed by atoms with Gasteiger partial charge in [-0.2, -0.15) is 0 Å². The van der Waals surface area contributed by atoms with Crippen molar-refractivity contribution in [1.82, 2.24) is 0 Å². The third kappa shape index (κ3) is 3.48. The highest BCUT2D eigenvalue weighted by Crippen LogP contribution is 2.33. The number of methoxy groups -OCH3 is 1. The molecule has 0 bridgehead atoms. The lowest BCUT2D eigenvalue weighted by Gasteiger charge is -2.31. The molecule has 1 saturated carbocycles. The summed E-state index contributed by atoms with van der Waals surface area (Å²) in [6, 6.07) is 0. The van der Waals surface area contributed by atoms with Gasteiger partial charge < -0.3 is 9.47 Å². The van der Waals surface area contributed by atoms with Crippen LogP contribution in [0.1, 0.15) is 46.0 Å². The third-order valence-corrected chi connectivity index (χ3v) is 3.65. The predicted molar refractivity (Wildman–Crippen MR) is 63.2 cm³/mol. The van der Waals surface area contributed by atoms with E-state index in [0.29, 0.717) is 18.6 Å². The maximum Gasteiger partial charge on any atom is 0.309 e. The van der Waals surface area contributed by atoms with E-state index in [2.05, 4.69) is 6.92 Å². The molecule has 0 unspecified atom stereocenters. The summed E-state index contributed by atoms with van der Waals surface area (Å²) in [7, 11) is 1.77. The van der Waals surface area contributed by atoms with Gasteiger partial charge in [0.05, 0.1) is 18.6 Å². The molecule has 16 heavy (non-hydrogen) atoms. The first kappa shape index (κ1) is 13.5. The zero-order valence-corrected chi connectivity index (χ0v) is 10.7. The average molecular weight is 228 g/mol. The Hall–Kier alpha value is -0.570. The molecule has 0 aliphatic heterocycles. The van der Waals surface area contributed by atoms with Crippen molar-refractivity contribution in [3.05, 3.63) is 0 Å². The van der Waals surface area contributed by atoms with Gasteiger partial charge in [0, 0.05) is 7.11 Å². The van der Waals surface area contributed by atoms with Crippen LogP contribution in [0.15, 0.2) is 0 Å². The van der Waals surface area contributed by atoms with Crippen LogP contribution in [0.3, 0.4) is 0 Å². The summed E-state index contributed by atoms with van der Waals surface area (Å²) in [5.74, 6) is 0.582. The van der Waals surface area contributed by atoms with Crippen molar-refractivity contribution in [3.63, 3.8) is 0 Å². The Bertz CT molecular complexity index is 207. The topological polar surface area (TPSA) is 35.5 Å². The largest absolute Gasteiger partial charge is 0.466 e. The molecule has 1 atom stereocenters. The lowest BCUT2D eigenvalue weighted by Crippen LogP contribution is -2.30. The van der Waals surface area contributed by atoms with Crippen molar-refractivity contribution in [1.29, 1.82) is 0 Å². The molecule has 0 spiro atoms. The van der Waals surface area contributed by atoms with Crippen LogP contribution >= 0.6 is 0 Å². The van der Waals surface area contributed by atoms with E-state index >= 15 is 0 Å². The maximum atomic E-state index is 11.8. The summed E-state index contributed by atoms with van der Waals surface area (Å²) in [6.07, 6.45) is 5.64. The van der Waals surface area contributed by atoms with Gasteiger partial charge in [-0.3, -0.25) is 4.79 Å². The number of rotatable bonds is 5. The van der Waals surface area contributed by atoms with Gasteiger partial charge in [0.1, 0.15) is 0 Å². The summed E-state index contributed by atoms with van der Waals surface area (Å²) in [6.45, 7) is 4.43. The van der Waals surface area contributed by atoms with Crippen molar-refractivity contribution in [2.24, 2.45) is 11.8 Å². The quantitative estimate of drug-likeness (QED) is 0.679. The van der Waals surface area contributed by atoms with Crippen LogP contribution in [0.25, 0.3) is 0 Å². The van der Waals surface area contributed by atoms with Gasteiger partial charge in [-0.15, -0.1) is 0 Å². The highest BCUT2D eigenvalue weighted by Gasteiger charge is 2.31. The SMILES string of the molecule is CCOC(=O)[C@@H](CC)C1CCC(OC)CC1. The van der Waals surface area contributed by atoms with E-state index in [4.69, 9.17) is 9.47 Å². The minimum atomic E-state index is -0.00846. The molecule has 1 aliphatic rings. The monoisotopic (exact) mass is 228 g/mol. The van der Waals surface area contributed by atoms with Crippen molar-refractivity contribution in [2.45, 2.75) is 52.1 Å². The van der Waals surface area contributed by atoms with Gasteiger partial charge in [-0.1, -0.05) is 6.92 Å². The van der Waals surface area contributed by atoms with E-state index in [1.165, 1.54) is 0 Å². The summed E-state index contributed by atoms with van der Waals surface area (Å²) in [5, 5.41) is 0. The molecule has 0 amide bonds. The molecule has 1 rings (SSSR count). The standard InChI is InChI=1S/C13H24O3/c1-4-12(13(14)16-5-2)10-6-8-11(15-3)9-7-10/h10-12H,4-9H2,1-3H3/t10?,11?,12-/m0/s1. The zero-order valence-electron chi connectivity index (χ0n) is 10.7. The molecule has 94 valence electrons. The van der Waals surface area contributed by atoms with Crippen LogP contribution in [0.2, 0.25) is 0 Å². The van der Waals surface area contributed by atoms with Gasteiger partial charge in [0.15, 0.2) is 0 Å². The summed E-state index contributed by atoms with van der Waals surface area (Å²) in [4.78, 5) is 11.8. The molecular formula is C13H24O3. The predicted octanol–water partition coefficient (Wildman–Crippen LogP) is 2.78. The molecule has 1 fully saturated rings. The first-order valence-electron chi connectivity index (χ1n) is 6.42. The highest BCUT2D eigenvalue weighted by molar-refractivity contribution is 5.72. The minimum Gasteiger partial charge on any atom is -0.466 e.